The molecular formula is C13H22OS. The molecule has 1 aliphatic carbocycles. The maximum atomic E-state index is 10.3. The Morgan fingerprint density at radius 1 is 1.20 bits per heavy atom. The van der Waals surface area contributed by atoms with Gasteiger partial charge >= 0.3 is 0 Å². The molecule has 1 heterocycles. The second-order valence-corrected chi connectivity index (χ2v) is 6.08. The number of thioether (sulfide) groups is 1. The fourth-order valence-electron chi connectivity index (χ4n) is 2.56. The Morgan fingerprint density at radius 3 is 2.93 bits per heavy atom. The summed E-state index contributed by atoms with van der Waals surface area (Å²) in [6, 6.07) is 0. The summed E-state index contributed by atoms with van der Waals surface area (Å²) >= 11 is 1.98. The molecular weight excluding hydrogens is 204 g/mol. The lowest BCUT2D eigenvalue weighted by Crippen LogP contribution is -2.27. The zero-order chi connectivity index (χ0) is 10.5. The molecule has 1 aliphatic heterocycles. The molecule has 2 heteroatoms. The second kappa shape index (κ2) is 5.95. The van der Waals surface area contributed by atoms with Crippen molar-refractivity contribution in [3.8, 4) is 0 Å². The van der Waals surface area contributed by atoms with Crippen LogP contribution in [-0.4, -0.2) is 22.2 Å². The van der Waals surface area contributed by atoms with E-state index in [1.165, 1.54) is 56.3 Å². The smallest absolute Gasteiger partial charge is 0.0868 e. The first-order valence-corrected chi connectivity index (χ1v) is 7.41. The molecule has 0 aromatic carbocycles. The molecule has 0 saturated carbocycles. The summed E-state index contributed by atoms with van der Waals surface area (Å²) in [5.41, 5.74) is 1.34. The highest BCUT2D eigenvalue weighted by Crippen LogP contribution is 2.32. The highest BCUT2D eigenvalue weighted by Gasteiger charge is 2.25. The lowest BCUT2D eigenvalue weighted by molar-refractivity contribution is 0.196. The summed E-state index contributed by atoms with van der Waals surface area (Å²) in [6.45, 7) is 0. The first-order chi connectivity index (χ1) is 7.38. The molecule has 1 nitrogen and oxygen atoms in total. The average Bonchev–Trinajstić information content (AvgIpc) is 2.58. The van der Waals surface area contributed by atoms with Gasteiger partial charge in [0.2, 0.25) is 0 Å². The van der Waals surface area contributed by atoms with E-state index in [1.54, 1.807) is 0 Å². The van der Waals surface area contributed by atoms with Crippen molar-refractivity contribution < 1.29 is 5.11 Å². The molecule has 2 rings (SSSR count). The van der Waals surface area contributed by atoms with Gasteiger partial charge in [-0.3, -0.25) is 0 Å². The molecule has 0 radical (unpaired) electrons. The predicted octanol–water partition coefficient (Wildman–Crippen LogP) is 3.52. The number of aliphatic hydroxyl groups is 1. The van der Waals surface area contributed by atoms with E-state index in [4.69, 9.17) is 0 Å². The minimum atomic E-state index is -0.145. The van der Waals surface area contributed by atoms with Gasteiger partial charge in [-0.1, -0.05) is 18.9 Å². The summed E-state index contributed by atoms with van der Waals surface area (Å²) in [7, 11) is 0. The third-order valence-corrected chi connectivity index (χ3v) is 4.97. The maximum absolute atomic E-state index is 10.3. The topological polar surface area (TPSA) is 20.2 Å². The summed E-state index contributed by atoms with van der Waals surface area (Å²) in [5, 5.41) is 10.8. The van der Waals surface area contributed by atoms with Gasteiger partial charge < -0.3 is 5.11 Å². The van der Waals surface area contributed by atoms with Crippen LogP contribution in [0, 0.1) is 0 Å². The molecule has 0 aromatic heterocycles. The van der Waals surface area contributed by atoms with Crippen molar-refractivity contribution in [3.63, 3.8) is 0 Å². The van der Waals surface area contributed by atoms with Crippen molar-refractivity contribution in [1.29, 1.82) is 0 Å². The monoisotopic (exact) mass is 226 g/mol. The molecule has 2 atom stereocenters. The average molecular weight is 226 g/mol. The van der Waals surface area contributed by atoms with Gasteiger partial charge in [-0.05, 0) is 49.9 Å². The van der Waals surface area contributed by atoms with Crippen molar-refractivity contribution >= 4 is 11.8 Å². The Kier molecular flexibility index (Phi) is 4.58. The van der Waals surface area contributed by atoms with E-state index >= 15 is 0 Å². The molecule has 0 spiro atoms. The summed E-state index contributed by atoms with van der Waals surface area (Å²) < 4.78 is 0. The van der Waals surface area contributed by atoms with Crippen molar-refractivity contribution in [2.75, 3.05) is 5.75 Å². The number of hydrogen-bond acceptors (Lipinski definition) is 2. The fourth-order valence-corrected chi connectivity index (χ4v) is 3.93. The van der Waals surface area contributed by atoms with Crippen LogP contribution in [0.25, 0.3) is 0 Å². The zero-order valence-corrected chi connectivity index (χ0v) is 10.3. The van der Waals surface area contributed by atoms with Gasteiger partial charge in [0.25, 0.3) is 0 Å². The van der Waals surface area contributed by atoms with Crippen LogP contribution in [0.5, 0.6) is 0 Å². The normalized spacial score (nSPS) is 30.5. The van der Waals surface area contributed by atoms with Gasteiger partial charge in [0.05, 0.1) is 6.10 Å². The molecule has 0 bridgehead atoms. The molecule has 1 N–H and O–H groups in total. The Bertz CT molecular complexity index is 219. The van der Waals surface area contributed by atoms with Gasteiger partial charge in [0, 0.05) is 5.25 Å². The minimum Gasteiger partial charge on any atom is -0.388 e. The SMILES string of the molecule is OC(C1=CCCCCC1)C1CCCCS1. The van der Waals surface area contributed by atoms with Crippen molar-refractivity contribution in [2.45, 2.75) is 62.7 Å². The highest BCUT2D eigenvalue weighted by molar-refractivity contribution is 8.00. The molecule has 15 heavy (non-hydrogen) atoms. The van der Waals surface area contributed by atoms with Gasteiger partial charge in [-0.15, -0.1) is 0 Å². The minimum absolute atomic E-state index is 0.145. The van der Waals surface area contributed by atoms with Crippen LogP contribution in [0.3, 0.4) is 0 Å². The van der Waals surface area contributed by atoms with E-state index in [0.29, 0.717) is 5.25 Å². The number of allylic oxidation sites excluding steroid dienone is 1. The second-order valence-electron chi connectivity index (χ2n) is 4.73. The lowest BCUT2D eigenvalue weighted by Gasteiger charge is -2.27. The molecule has 1 fully saturated rings. The van der Waals surface area contributed by atoms with Gasteiger partial charge in [0.15, 0.2) is 0 Å². The van der Waals surface area contributed by atoms with Crippen molar-refractivity contribution in [2.24, 2.45) is 0 Å². The van der Waals surface area contributed by atoms with Crippen LogP contribution >= 0.6 is 11.8 Å². The molecule has 86 valence electrons. The summed E-state index contributed by atoms with van der Waals surface area (Å²) in [4.78, 5) is 0. The van der Waals surface area contributed by atoms with E-state index in [9.17, 15) is 5.11 Å². The van der Waals surface area contributed by atoms with Crippen LogP contribution in [0.1, 0.15) is 51.4 Å². The fraction of sp³-hybridized carbons (Fsp3) is 0.846. The van der Waals surface area contributed by atoms with E-state index < -0.39 is 0 Å². The predicted molar refractivity (Wildman–Crippen MR) is 67.3 cm³/mol. The summed E-state index contributed by atoms with van der Waals surface area (Å²) in [6.07, 6.45) is 12.3. The van der Waals surface area contributed by atoms with Crippen LogP contribution in [0.2, 0.25) is 0 Å². The van der Waals surface area contributed by atoms with Gasteiger partial charge in [0.1, 0.15) is 0 Å². The first kappa shape index (κ1) is 11.5. The maximum Gasteiger partial charge on any atom is 0.0868 e. The van der Waals surface area contributed by atoms with Crippen LogP contribution in [0.15, 0.2) is 11.6 Å². The van der Waals surface area contributed by atoms with Crippen LogP contribution < -0.4 is 0 Å². The standard InChI is InChI=1S/C13H22OS/c14-13(12-9-5-6-10-15-12)11-7-3-1-2-4-8-11/h7,12-14H,1-6,8-10H2. The largest absolute Gasteiger partial charge is 0.388 e. The number of aliphatic hydroxyl groups excluding tert-OH is 1. The number of hydrogen-bond donors (Lipinski definition) is 1. The lowest BCUT2D eigenvalue weighted by atomic mass is 9.98. The highest BCUT2D eigenvalue weighted by atomic mass is 32.2. The molecule has 1 saturated heterocycles. The third-order valence-electron chi connectivity index (χ3n) is 3.52. The van der Waals surface area contributed by atoms with E-state index in [1.807, 2.05) is 11.8 Å². The molecule has 2 aliphatic rings. The van der Waals surface area contributed by atoms with Crippen LogP contribution in [0.4, 0.5) is 0 Å². The van der Waals surface area contributed by atoms with Crippen molar-refractivity contribution in [3.05, 3.63) is 11.6 Å². The number of rotatable bonds is 2. The molecule has 0 amide bonds. The van der Waals surface area contributed by atoms with Crippen molar-refractivity contribution in [1.82, 2.24) is 0 Å². The molecule has 0 aromatic rings. The van der Waals surface area contributed by atoms with E-state index in [-0.39, 0.29) is 6.10 Å². The van der Waals surface area contributed by atoms with E-state index in [2.05, 4.69) is 6.08 Å². The van der Waals surface area contributed by atoms with Crippen LogP contribution in [-0.2, 0) is 0 Å². The zero-order valence-electron chi connectivity index (χ0n) is 9.45. The van der Waals surface area contributed by atoms with Gasteiger partial charge in [-0.25, -0.2) is 0 Å². The first-order valence-electron chi connectivity index (χ1n) is 6.36. The quantitative estimate of drug-likeness (QED) is 0.727. The molecule has 2 unspecified atom stereocenters. The Balaban J connectivity index is 1.92. The van der Waals surface area contributed by atoms with Gasteiger partial charge in [-0.2, -0.15) is 11.8 Å². The summed E-state index contributed by atoms with van der Waals surface area (Å²) in [5.74, 6) is 1.25. The Labute approximate surface area is 97.3 Å². The Morgan fingerprint density at radius 2 is 2.13 bits per heavy atom. The third kappa shape index (κ3) is 3.25. The van der Waals surface area contributed by atoms with E-state index in [0.717, 1.165) is 6.42 Å². The Hall–Kier alpha value is 0.0500.